The van der Waals surface area contributed by atoms with Crippen LogP contribution in [0.15, 0.2) is 24.3 Å². The SMILES string of the molecule is CN(CCC(=O)O)CC(=O)c1ccc(N)cc1. The number of nitrogens with zero attached hydrogens (tertiary/aromatic N) is 1. The summed E-state index contributed by atoms with van der Waals surface area (Å²) in [5, 5.41) is 8.52. The van der Waals surface area contributed by atoms with Crippen molar-refractivity contribution in [1.29, 1.82) is 0 Å². The number of hydrogen-bond donors (Lipinski definition) is 2. The Morgan fingerprint density at radius 3 is 2.41 bits per heavy atom. The Morgan fingerprint density at radius 1 is 1.29 bits per heavy atom. The lowest BCUT2D eigenvalue weighted by Gasteiger charge is -2.14. The van der Waals surface area contributed by atoms with E-state index in [1.165, 1.54) is 0 Å². The van der Waals surface area contributed by atoms with Crippen LogP contribution in [0.2, 0.25) is 0 Å². The topological polar surface area (TPSA) is 83.6 Å². The standard InChI is InChI=1S/C12H16N2O3/c1-14(7-6-12(16)17)8-11(15)9-2-4-10(13)5-3-9/h2-5H,6-8,13H2,1H3,(H,16,17). The second-order valence-corrected chi connectivity index (χ2v) is 3.93. The number of benzene rings is 1. The quantitative estimate of drug-likeness (QED) is 0.565. The Hall–Kier alpha value is -1.88. The molecule has 92 valence electrons. The zero-order valence-electron chi connectivity index (χ0n) is 9.72. The number of carbonyl (C=O) groups is 2. The Morgan fingerprint density at radius 2 is 1.88 bits per heavy atom. The average molecular weight is 236 g/mol. The highest BCUT2D eigenvalue weighted by Gasteiger charge is 2.10. The summed E-state index contributed by atoms with van der Waals surface area (Å²) < 4.78 is 0. The molecular formula is C12H16N2O3. The van der Waals surface area contributed by atoms with Gasteiger partial charge < -0.3 is 10.8 Å². The Balaban J connectivity index is 2.48. The molecule has 0 heterocycles. The fourth-order valence-electron chi connectivity index (χ4n) is 1.37. The molecule has 3 N–H and O–H groups in total. The number of hydrogen-bond acceptors (Lipinski definition) is 4. The monoisotopic (exact) mass is 236 g/mol. The van der Waals surface area contributed by atoms with Gasteiger partial charge in [0.25, 0.3) is 0 Å². The van der Waals surface area contributed by atoms with Gasteiger partial charge in [0.05, 0.1) is 13.0 Å². The molecule has 0 amide bonds. The zero-order chi connectivity index (χ0) is 12.8. The van der Waals surface area contributed by atoms with E-state index < -0.39 is 5.97 Å². The molecule has 0 aliphatic carbocycles. The van der Waals surface area contributed by atoms with Gasteiger partial charge in [-0.1, -0.05) is 0 Å². The lowest BCUT2D eigenvalue weighted by molar-refractivity contribution is -0.137. The predicted octanol–water partition coefficient (Wildman–Crippen LogP) is 0.858. The van der Waals surface area contributed by atoms with Crippen LogP contribution in [-0.4, -0.2) is 41.9 Å². The fraction of sp³-hybridized carbons (Fsp3) is 0.333. The van der Waals surface area contributed by atoms with E-state index in [-0.39, 0.29) is 18.7 Å². The number of nitrogens with two attached hydrogens (primary N) is 1. The van der Waals surface area contributed by atoms with E-state index >= 15 is 0 Å². The van der Waals surface area contributed by atoms with Gasteiger partial charge in [-0.15, -0.1) is 0 Å². The number of rotatable bonds is 6. The molecule has 0 saturated carbocycles. The molecule has 0 fully saturated rings. The first-order valence-electron chi connectivity index (χ1n) is 5.28. The highest BCUT2D eigenvalue weighted by Crippen LogP contribution is 2.06. The smallest absolute Gasteiger partial charge is 0.304 e. The summed E-state index contributed by atoms with van der Waals surface area (Å²) in [4.78, 5) is 23.8. The number of carboxylic acids is 1. The van der Waals surface area contributed by atoms with Crippen molar-refractivity contribution in [2.24, 2.45) is 0 Å². The molecule has 0 unspecified atom stereocenters. The maximum Gasteiger partial charge on any atom is 0.304 e. The van der Waals surface area contributed by atoms with E-state index in [9.17, 15) is 9.59 Å². The molecule has 0 bridgehead atoms. The maximum atomic E-state index is 11.8. The number of carboxylic acid groups (broad SMARTS) is 1. The number of aliphatic carboxylic acids is 1. The third-order valence-electron chi connectivity index (χ3n) is 2.35. The van der Waals surface area contributed by atoms with Crippen molar-refractivity contribution in [3.05, 3.63) is 29.8 Å². The van der Waals surface area contributed by atoms with Gasteiger partial charge in [-0.25, -0.2) is 0 Å². The Kier molecular flexibility index (Phi) is 4.66. The van der Waals surface area contributed by atoms with E-state index in [0.717, 1.165) is 0 Å². The van der Waals surface area contributed by atoms with Crippen LogP contribution in [0.4, 0.5) is 5.69 Å². The number of ketones is 1. The molecule has 1 aromatic carbocycles. The van der Waals surface area contributed by atoms with Crippen molar-refractivity contribution in [1.82, 2.24) is 4.90 Å². The maximum absolute atomic E-state index is 11.8. The van der Waals surface area contributed by atoms with Crippen LogP contribution in [0.3, 0.4) is 0 Å². The number of carbonyl (C=O) groups excluding carboxylic acids is 1. The van der Waals surface area contributed by atoms with E-state index in [2.05, 4.69) is 0 Å². The summed E-state index contributed by atoms with van der Waals surface area (Å²) >= 11 is 0. The molecule has 1 rings (SSSR count). The van der Waals surface area contributed by atoms with E-state index in [1.54, 1.807) is 36.2 Å². The number of likely N-dealkylation sites (N-methyl/N-ethyl adjacent to an activating group) is 1. The molecule has 5 heteroatoms. The van der Waals surface area contributed by atoms with Gasteiger partial charge >= 0.3 is 5.97 Å². The summed E-state index contributed by atoms with van der Waals surface area (Å²) in [6.45, 7) is 0.563. The molecule has 0 aliphatic rings. The number of Topliss-reactive ketones (excluding diaryl/α,β-unsaturated/α-hetero) is 1. The van der Waals surface area contributed by atoms with Gasteiger partial charge in [0, 0.05) is 17.8 Å². The van der Waals surface area contributed by atoms with E-state index in [1.807, 2.05) is 0 Å². The highest BCUT2D eigenvalue weighted by molar-refractivity contribution is 5.97. The fourth-order valence-corrected chi connectivity index (χ4v) is 1.37. The van der Waals surface area contributed by atoms with Crippen molar-refractivity contribution < 1.29 is 14.7 Å². The summed E-state index contributed by atoms with van der Waals surface area (Å²) in [5.74, 6) is -0.908. The number of nitrogen functional groups attached to an aromatic ring is 1. The minimum absolute atomic E-state index is 0.0333. The lowest BCUT2D eigenvalue weighted by atomic mass is 10.1. The molecular weight excluding hydrogens is 220 g/mol. The van der Waals surface area contributed by atoms with Gasteiger partial charge in [-0.05, 0) is 31.3 Å². The molecule has 0 aliphatic heterocycles. The average Bonchev–Trinajstić information content (AvgIpc) is 2.27. The van der Waals surface area contributed by atoms with Gasteiger partial charge in [-0.2, -0.15) is 0 Å². The van der Waals surface area contributed by atoms with Crippen LogP contribution >= 0.6 is 0 Å². The van der Waals surface area contributed by atoms with Crippen molar-refractivity contribution in [2.45, 2.75) is 6.42 Å². The largest absolute Gasteiger partial charge is 0.481 e. The number of anilines is 1. The van der Waals surface area contributed by atoms with Gasteiger partial charge in [0.15, 0.2) is 5.78 Å². The van der Waals surface area contributed by atoms with Gasteiger partial charge in [0.2, 0.25) is 0 Å². The van der Waals surface area contributed by atoms with Crippen molar-refractivity contribution in [3.63, 3.8) is 0 Å². The summed E-state index contributed by atoms with van der Waals surface area (Å²) in [6, 6.07) is 6.68. The molecule has 5 nitrogen and oxygen atoms in total. The first-order valence-corrected chi connectivity index (χ1v) is 5.28. The summed E-state index contributed by atoms with van der Waals surface area (Å²) in [5.41, 5.74) is 6.72. The molecule has 0 saturated heterocycles. The lowest BCUT2D eigenvalue weighted by Crippen LogP contribution is -2.28. The van der Waals surface area contributed by atoms with Gasteiger partial charge in [-0.3, -0.25) is 14.5 Å². The second kappa shape index (κ2) is 6.00. The van der Waals surface area contributed by atoms with Gasteiger partial charge in [0.1, 0.15) is 0 Å². The van der Waals surface area contributed by atoms with Crippen LogP contribution < -0.4 is 5.73 Å². The Labute approximate surface area is 99.8 Å². The zero-order valence-corrected chi connectivity index (χ0v) is 9.72. The van der Waals surface area contributed by atoms with Crippen molar-refractivity contribution in [2.75, 3.05) is 25.9 Å². The highest BCUT2D eigenvalue weighted by atomic mass is 16.4. The third-order valence-corrected chi connectivity index (χ3v) is 2.35. The van der Waals surface area contributed by atoms with Crippen LogP contribution in [0.5, 0.6) is 0 Å². The molecule has 0 atom stereocenters. The summed E-state index contributed by atoms with van der Waals surface area (Å²) in [6.07, 6.45) is 0.0333. The first kappa shape index (κ1) is 13.2. The van der Waals surface area contributed by atoms with Crippen LogP contribution in [0.25, 0.3) is 0 Å². The molecule has 0 aromatic heterocycles. The van der Waals surface area contributed by atoms with Crippen LogP contribution in [0.1, 0.15) is 16.8 Å². The van der Waals surface area contributed by atoms with Crippen molar-refractivity contribution in [3.8, 4) is 0 Å². The second-order valence-electron chi connectivity index (χ2n) is 3.93. The third kappa shape index (κ3) is 4.65. The van der Waals surface area contributed by atoms with E-state index in [0.29, 0.717) is 17.8 Å². The molecule has 0 radical (unpaired) electrons. The molecule has 0 spiro atoms. The molecule has 1 aromatic rings. The van der Waals surface area contributed by atoms with Crippen LogP contribution in [-0.2, 0) is 4.79 Å². The summed E-state index contributed by atoms with van der Waals surface area (Å²) in [7, 11) is 1.72. The van der Waals surface area contributed by atoms with Crippen LogP contribution in [0, 0.1) is 0 Å². The minimum atomic E-state index is -0.864. The molecule has 17 heavy (non-hydrogen) atoms. The Bertz CT molecular complexity index is 401. The predicted molar refractivity (Wildman–Crippen MR) is 64.9 cm³/mol. The van der Waals surface area contributed by atoms with Crippen molar-refractivity contribution >= 4 is 17.4 Å². The first-order chi connectivity index (χ1) is 7.99. The minimum Gasteiger partial charge on any atom is -0.481 e. The van der Waals surface area contributed by atoms with E-state index in [4.69, 9.17) is 10.8 Å². The normalized spacial score (nSPS) is 10.5.